The zero-order valence-corrected chi connectivity index (χ0v) is 13.3. The molecule has 0 bridgehead atoms. The average molecular weight is 309 g/mol. The van der Waals surface area contributed by atoms with Gasteiger partial charge in [-0.3, -0.25) is 0 Å². The summed E-state index contributed by atoms with van der Waals surface area (Å²) in [6, 6.07) is 7.57. The second kappa shape index (κ2) is 7.10. The Morgan fingerprint density at radius 3 is 2.76 bits per heavy atom. The Balaban J connectivity index is 1.47. The van der Waals surface area contributed by atoms with E-state index in [2.05, 4.69) is 9.80 Å². The van der Waals surface area contributed by atoms with Crippen molar-refractivity contribution in [3.63, 3.8) is 0 Å². The van der Waals surface area contributed by atoms with Crippen molar-refractivity contribution in [3.05, 3.63) is 34.9 Å². The van der Waals surface area contributed by atoms with Gasteiger partial charge < -0.3 is 14.9 Å². The number of likely N-dealkylation sites (tertiary alicyclic amines) is 2. The molecule has 1 aromatic rings. The van der Waals surface area contributed by atoms with Gasteiger partial charge in [0.2, 0.25) is 0 Å². The maximum atomic E-state index is 10.4. The van der Waals surface area contributed by atoms with Crippen LogP contribution in [0.15, 0.2) is 24.3 Å². The molecule has 2 heterocycles. The third-order valence-electron chi connectivity index (χ3n) is 4.75. The summed E-state index contributed by atoms with van der Waals surface area (Å²) in [6.45, 7) is 6.74. The number of benzene rings is 1. The zero-order valence-electron chi connectivity index (χ0n) is 12.5. The number of β-amino-alcohol motifs (C(OH)–C–C–N with tert-alkyl or cyclic N) is 1. The maximum Gasteiger partial charge on any atom is 0.0917 e. The van der Waals surface area contributed by atoms with Crippen molar-refractivity contribution in [2.75, 3.05) is 39.3 Å². The van der Waals surface area contributed by atoms with Gasteiger partial charge in [0, 0.05) is 24.7 Å². The number of nitrogens with zero attached hydrogens (tertiary/aromatic N) is 2. The molecule has 1 aromatic carbocycles. The minimum atomic E-state index is -0.436. The molecule has 0 saturated carbocycles. The fourth-order valence-electron chi connectivity index (χ4n) is 3.62. The summed E-state index contributed by atoms with van der Waals surface area (Å²) < 4.78 is 0. The van der Waals surface area contributed by atoms with E-state index in [1.165, 1.54) is 38.9 Å². The Labute approximate surface area is 132 Å². The van der Waals surface area contributed by atoms with Crippen molar-refractivity contribution in [3.8, 4) is 0 Å². The van der Waals surface area contributed by atoms with Crippen LogP contribution < -0.4 is 0 Å². The predicted octanol–water partition coefficient (Wildman–Crippen LogP) is 2.79. The van der Waals surface area contributed by atoms with E-state index in [0.717, 1.165) is 31.1 Å². The van der Waals surface area contributed by atoms with Crippen LogP contribution in [-0.4, -0.2) is 54.2 Å². The lowest BCUT2D eigenvalue weighted by atomic mass is 10.1. The summed E-state index contributed by atoms with van der Waals surface area (Å²) in [4.78, 5) is 4.99. The van der Waals surface area contributed by atoms with Crippen molar-refractivity contribution in [2.45, 2.75) is 25.4 Å². The fourth-order valence-corrected chi connectivity index (χ4v) is 3.82. The van der Waals surface area contributed by atoms with Gasteiger partial charge in [0.25, 0.3) is 0 Å². The van der Waals surface area contributed by atoms with Crippen LogP contribution in [0.1, 0.15) is 30.9 Å². The molecular formula is C17H25ClN2O. The Bertz CT molecular complexity index is 462. The summed E-state index contributed by atoms with van der Waals surface area (Å²) >= 11 is 5.99. The molecule has 4 heteroatoms. The Morgan fingerprint density at radius 2 is 2.00 bits per heavy atom. The van der Waals surface area contributed by atoms with E-state index in [-0.39, 0.29) is 0 Å². The van der Waals surface area contributed by atoms with Crippen molar-refractivity contribution < 1.29 is 5.11 Å². The van der Waals surface area contributed by atoms with Gasteiger partial charge in [-0.05, 0) is 62.5 Å². The van der Waals surface area contributed by atoms with E-state index in [0.29, 0.717) is 5.02 Å². The van der Waals surface area contributed by atoms with E-state index < -0.39 is 6.10 Å². The normalized spacial score (nSPS) is 25.5. The van der Waals surface area contributed by atoms with E-state index >= 15 is 0 Å². The molecule has 0 radical (unpaired) electrons. The largest absolute Gasteiger partial charge is 0.387 e. The molecule has 0 amide bonds. The van der Waals surface area contributed by atoms with Gasteiger partial charge in [-0.15, -0.1) is 0 Å². The number of hydrogen-bond donors (Lipinski definition) is 1. The fraction of sp³-hybridized carbons (Fsp3) is 0.647. The van der Waals surface area contributed by atoms with Crippen molar-refractivity contribution in [2.24, 2.45) is 5.92 Å². The number of rotatable bonds is 5. The quantitative estimate of drug-likeness (QED) is 0.906. The highest BCUT2D eigenvalue weighted by Crippen LogP contribution is 2.24. The van der Waals surface area contributed by atoms with Crippen LogP contribution in [0.4, 0.5) is 0 Å². The van der Waals surface area contributed by atoms with Crippen LogP contribution in [0.25, 0.3) is 0 Å². The predicted molar refractivity (Wildman–Crippen MR) is 86.6 cm³/mol. The highest BCUT2D eigenvalue weighted by molar-refractivity contribution is 6.30. The molecule has 2 fully saturated rings. The third-order valence-corrected chi connectivity index (χ3v) is 4.98. The second-order valence-electron chi connectivity index (χ2n) is 6.49. The molecule has 2 unspecified atom stereocenters. The number of hydrogen-bond acceptors (Lipinski definition) is 3. The molecule has 3 nitrogen and oxygen atoms in total. The van der Waals surface area contributed by atoms with E-state index in [4.69, 9.17) is 11.6 Å². The number of halogens is 1. The summed E-state index contributed by atoms with van der Waals surface area (Å²) in [5.41, 5.74) is 0.922. The first kappa shape index (κ1) is 15.3. The molecule has 21 heavy (non-hydrogen) atoms. The van der Waals surface area contributed by atoms with E-state index in [1.807, 2.05) is 24.3 Å². The molecule has 3 rings (SSSR count). The zero-order chi connectivity index (χ0) is 14.7. The minimum Gasteiger partial charge on any atom is -0.387 e. The molecule has 2 aliphatic heterocycles. The standard InChI is InChI=1S/C17H25ClN2O/c18-16-5-3-4-15(10-16)17(21)13-20-9-6-14(12-20)11-19-7-1-2-8-19/h3-5,10,14,17,21H,1-2,6-9,11-13H2. The smallest absolute Gasteiger partial charge is 0.0917 e. The minimum absolute atomic E-state index is 0.436. The first-order valence-corrected chi connectivity index (χ1v) is 8.47. The first-order valence-electron chi connectivity index (χ1n) is 8.09. The van der Waals surface area contributed by atoms with Crippen LogP contribution in [0.3, 0.4) is 0 Å². The molecule has 0 aromatic heterocycles. The van der Waals surface area contributed by atoms with Gasteiger partial charge >= 0.3 is 0 Å². The van der Waals surface area contributed by atoms with Crippen LogP contribution in [0.5, 0.6) is 0 Å². The molecule has 2 aliphatic rings. The summed E-state index contributed by atoms with van der Waals surface area (Å²) in [5, 5.41) is 11.1. The molecule has 2 saturated heterocycles. The van der Waals surface area contributed by atoms with Gasteiger partial charge in [-0.1, -0.05) is 23.7 Å². The van der Waals surface area contributed by atoms with Crippen LogP contribution in [0.2, 0.25) is 5.02 Å². The van der Waals surface area contributed by atoms with E-state index in [1.54, 1.807) is 0 Å². The van der Waals surface area contributed by atoms with Crippen molar-refractivity contribution in [1.82, 2.24) is 9.80 Å². The lowest BCUT2D eigenvalue weighted by Crippen LogP contribution is -2.30. The Morgan fingerprint density at radius 1 is 1.19 bits per heavy atom. The molecule has 0 spiro atoms. The Kier molecular flexibility index (Phi) is 5.17. The molecule has 0 aliphatic carbocycles. The van der Waals surface area contributed by atoms with Crippen molar-refractivity contribution >= 4 is 11.6 Å². The lowest BCUT2D eigenvalue weighted by molar-refractivity contribution is 0.123. The highest BCUT2D eigenvalue weighted by atomic mass is 35.5. The maximum absolute atomic E-state index is 10.4. The summed E-state index contributed by atoms with van der Waals surface area (Å²) in [5.74, 6) is 0.773. The van der Waals surface area contributed by atoms with Crippen molar-refractivity contribution in [1.29, 1.82) is 0 Å². The van der Waals surface area contributed by atoms with Gasteiger partial charge in [-0.2, -0.15) is 0 Å². The monoisotopic (exact) mass is 308 g/mol. The average Bonchev–Trinajstić information content (AvgIpc) is 3.11. The SMILES string of the molecule is OC(CN1CCC(CN2CCCC2)C1)c1cccc(Cl)c1. The summed E-state index contributed by atoms with van der Waals surface area (Å²) in [7, 11) is 0. The van der Waals surface area contributed by atoms with Crippen LogP contribution >= 0.6 is 11.6 Å². The topological polar surface area (TPSA) is 26.7 Å². The Hall–Kier alpha value is -0.610. The molecule has 2 atom stereocenters. The second-order valence-corrected chi connectivity index (χ2v) is 6.93. The molecule has 1 N–H and O–H groups in total. The van der Waals surface area contributed by atoms with Gasteiger partial charge in [0.1, 0.15) is 0 Å². The van der Waals surface area contributed by atoms with Gasteiger partial charge in [-0.25, -0.2) is 0 Å². The lowest BCUT2D eigenvalue weighted by Gasteiger charge is -2.22. The molecular weight excluding hydrogens is 284 g/mol. The summed E-state index contributed by atoms with van der Waals surface area (Å²) in [6.07, 6.45) is 3.56. The first-order chi connectivity index (χ1) is 10.2. The number of aliphatic hydroxyl groups excluding tert-OH is 1. The van der Waals surface area contributed by atoms with Crippen LogP contribution in [-0.2, 0) is 0 Å². The van der Waals surface area contributed by atoms with Gasteiger partial charge in [0.05, 0.1) is 6.10 Å². The highest BCUT2D eigenvalue weighted by Gasteiger charge is 2.26. The number of aliphatic hydroxyl groups is 1. The van der Waals surface area contributed by atoms with E-state index in [9.17, 15) is 5.11 Å². The van der Waals surface area contributed by atoms with Gasteiger partial charge in [0.15, 0.2) is 0 Å². The third kappa shape index (κ3) is 4.19. The van der Waals surface area contributed by atoms with Crippen LogP contribution in [0, 0.1) is 5.92 Å². The molecule has 116 valence electrons.